The average Bonchev–Trinajstić information content (AvgIpc) is 1.67. The molecule has 34 heteroatoms. The lowest BCUT2D eigenvalue weighted by Crippen LogP contribution is -2.23. The number of halogens is 2. The Balaban J connectivity index is 0.000000126. The van der Waals surface area contributed by atoms with Gasteiger partial charge in [-0.3, -0.25) is 49.5 Å². The molecule has 0 saturated heterocycles. The maximum atomic E-state index is 13.4. The molecule has 0 aliphatic heterocycles. The zero-order chi connectivity index (χ0) is 97.4. The molecule has 4 saturated carbocycles. The molecule has 6 aromatic carbocycles. The van der Waals surface area contributed by atoms with Crippen LogP contribution in [0.3, 0.4) is 0 Å². The summed E-state index contributed by atoms with van der Waals surface area (Å²) in [5.74, 6) is -1.46. The van der Waals surface area contributed by atoms with Crippen LogP contribution in [0.15, 0.2) is 231 Å². The summed E-state index contributed by atoms with van der Waals surface area (Å²) in [6.07, 6.45) is 25.6. The van der Waals surface area contributed by atoms with E-state index >= 15 is 0 Å². The number of rotatable bonds is 22. The number of nitrogens with one attached hydrogen (secondary N) is 5. The van der Waals surface area contributed by atoms with Gasteiger partial charge in [0.15, 0.2) is 28.2 Å². The lowest BCUT2D eigenvalue weighted by molar-refractivity contribution is -0.0382. The van der Waals surface area contributed by atoms with Crippen LogP contribution in [-0.4, -0.2) is 148 Å². The number of nitrogens with zero attached hydrogens (tertiary/aromatic N) is 10. The summed E-state index contributed by atoms with van der Waals surface area (Å²) in [7, 11) is 0. The molecule has 32 nitrogen and oxygen atoms in total. The summed E-state index contributed by atoms with van der Waals surface area (Å²) >= 11 is 0. The van der Waals surface area contributed by atoms with E-state index < -0.39 is 35.8 Å². The van der Waals surface area contributed by atoms with E-state index in [0.29, 0.717) is 64.5 Å². The Morgan fingerprint density at radius 2 is 0.604 bits per heavy atom. The highest BCUT2D eigenvalue weighted by Gasteiger charge is 2.36. The Morgan fingerprint density at radius 3 is 0.906 bits per heavy atom. The molecule has 718 valence electrons. The predicted molar refractivity (Wildman–Crippen MR) is 518 cm³/mol. The number of aryl methyl sites for hydroxylation is 1. The molecule has 4 fully saturated rings. The highest BCUT2D eigenvalue weighted by Crippen LogP contribution is 2.42. The molecule has 0 spiro atoms. The van der Waals surface area contributed by atoms with Gasteiger partial charge >= 0.3 is 29.8 Å². The molecule has 10 heterocycles. The van der Waals surface area contributed by atoms with Crippen molar-refractivity contribution in [3.63, 3.8) is 0 Å². The normalized spacial score (nSPS) is 14.5. The van der Waals surface area contributed by atoms with Crippen molar-refractivity contribution < 1.29 is 65.9 Å². The highest BCUT2D eigenvalue weighted by atomic mass is 19.3. The quantitative estimate of drug-likeness (QED) is 0.0311. The maximum Gasteiger partial charge on any atom is 0.343 e. The van der Waals surface area contributed by atoms with Gasteiger partial charge in [0.25, 0.3) is 27.8 Å². The molecule has 0 radical (unpaired) electrons. The van der Waals surface area contributed by atoms with Crippen LogP contribution in [0.1, 0.15) is 242 Å². The SMILES string of the molecule is CCOC(=O)c1c[nH]n2c(=O)cc(-c3ccc(C4CCC(F)(F)CC4)cc3)nc12.CCOC(=O)c1c[nH]n2c(=O)cc(-c3ccc(C4CCCC4)cc3)nc12.CCOC(=O)c1c[nH]n2c(=O)cc(-c3ccc(C4CCCCC4)cc3)nc12.CCOC(=O)c1c[nH]n2c(=O)cc(-c3ccc(OC4CCCCC4)cc3)nc12.CCOC(=O)c1c[nH]n2c(=O)cc(-c3ccc(Oc4ccccc4)c(C)c3)nc12. The maximum absolute atomic E-state index is 13.4. The summed E-state index contributed by atoms with van der Waals surface area (Å²) in [4.78, 5) is 145. The van der Waals surface area contributed by atoms with Crippen molar-refractivity contribution in [1.82, 2.24) is 73.0 Å². The topological polar surface area (TPSA) is 401 Å². The summed E-state index contributed by atoms with van der Waals surface area (Å²) in [5, 5.41) is 13.7. The molecule has 20 rings (SSSR count). The molecule has 4 aliphatic carbocycles. The smallest absolute Gasteiger partial charge is 0.343 e. The fraction of sp³-hybridized carbons (Fsp3) is 0.324. The minimum atomic E-state index is -2.55. The summed E-state index contributed by atoms with van der Waals surface area (Å²) in [6.45, 7) is 11.8. The Kier molecular flexibility index (Phi) is 30.4. The molecule has 0 bridgehead atoms. The zero-order valence-electron chi connectivity index (χ0n) is 77.9. The number of hydrogen-bond donors (Lipinski definition) is 5. The third-order valence-electron chi connectivity index (χ3n) is 25.1. The lowest BCUT2D eigenvalue weighted by Gasteiger charge is -2.28. The summed E-state index contributed by atoms with van der Waals surface area (Å²) in [6, 6.07) is 53.8. The Labute approximate surface area is 795 Å². The van der Waals surface area contributed by atoms with Crippen LogP contribution < -0.4 is 37.3 Å². The van der Waals surface area contributed by atoms with Crippen molar-refractivity contribution in [2.24, 2.45) is 0 Å². The third-order valence-corrected chi connectivity index (χ3v) is 25.1. The number of benzene rings is 6. The molecule has 0 unspecified atom stereocenters. The zero-order valence-corrected chi connectivity index (χ0v) is 77.9. The van der Waals surface area contributed by atoms with Crippen molar-refractivity contribution in [3.05, 3.63) is 309 Å². The number of esters is 5. The van der Waals surface area contributed by atoms with Crippen molar-refractivity contribution in [3.8, 4) is 73.5 Å². The van der Waals surface area contributed by atoms with Crippen LogP contribution in [0, 0.1) is 6.92 Å². The second-order valence-electron chi connectivity index (χ2n) is 34.3. The standard InChI is InChI=1S/C22H19N3O4.C21H21F2N3O3.C21H23N3O4.C21H23N3O3.C20H21N3O3/c1-3-28-22(27)17-13-23-25-20(26)12-18(24-21(17)25)15-9-10-19(14(2)11-15)29-16-7-5-4-6-8-16;1-2-29-20(28)16-12-24-26-18(27)11-17(25-19(16)26)15-5-3-13(4-6-15)14-7-9-21(22,23)10-8-14;1-2-27-21(26)17-13-22-24-19(25)12-18(23-20(17)24)14-8-10-16(11-9-14)28-15-6-4-3-5-7-15;1-2-27-21(26)17-13-22-24-19(25)12-18(23-20(17)24)16-10-8-15(9-11-16)14-6-4-3-5-7-14;1-2-26-20(25)16-12-21-23-18(24)11-17(22-19(16)23)15-9-7-14(8-10-15)13-5-3-4-6-13/h4-13,23H,3H2,1-2H3;3-6,11-12,14,24H,2,7-10H2,1H3;8-13,15,22H,2-7H2,1H3;8-14,22H,2-7H2,1H3;7-13,21H,2-6H2,1H3. The fourth-order valence-corrected chi connectivity index (χ4v) is 17.9. The first-order chi connectivity index (χ1) is 67.4. The number of alkyl halides is 2. The van der Waals surface area contributed by atoms with Crippen molar-refractivity contribution in [2.45, 2.75) is 187 Å². The molecule has 139 heavy (non-hydrogen) atoms. The number of hydrogen-bond acceptors (Lipinski definition) is 22. The number of aromatic nitrogens is 15. The van der Waals surface area contributed by atoms with Gasteiger partial charge in [0.2, 0.25) is 5.92 Å². The second-order valence-corrected chi connectivity index (χ2v) is 34.3. The molecule has 5 N–H and O–H groups in total. The number of H-pyrrole nitrogens is 5. The third kappa shape index (κ3) is 22.5. The molecule has 0 amide bonds. The van der Waals surface area contributed by atoms with Crippen LogP contribution >= 0.6 is 0 Å². The van der Waals surface area contributed by atoms with E-state index in [2.05, 4.69) is 74.7 Å². The number of carbonyl (C=O) groups excluding carboxylic acids is 5. The van der Waals surface area contributed by atoms with Gasteiger partial charge in [-0.2, -0.15) is 0 Å². The predicted octanol–water partition coefficient (Wildman–Crippen LogP) is 19.1. The van der Waals surface area contributed by atoms with E-state index in [1.807, 2.05) is 128 Å². The molecular formula is C105H107F2N15O17. The van der Waals surface area contributed by atoms with Gasteiger partial charge in [-0.15, -0.1) is 0 Å². The van der Waals surface area contributed by atoms with E-state index in [1.54, 1.807) is 34.6 Å². The number of para-hydroxylation sites is 1. The van der Waals surface area contributed by atoms with E-state index in [9.17, 15) is 56.7 Å². The van der Waals surface area contributed by atoms with Gasteiger partial charge in [0.05, 0.1) is 67.6 Å². The van der Waals surface area contributed by atoms with Gasteiger partial charge < -0.3 is 33.2 Å². The number of fused-ring (bicyclic) bond motifs is 5. The van der Waals surface area contributed by atoms with Crippen molar-refractivity contribution in [1.29, 1.82) is 0 Å². The van der Waals surface area contributed by atoms with Crippen LogP contribution in [-0.2, 0) is 23.7 Å². The van der Waals surface area contributed by atoms with E-state index in [0.717, 1.165) is 57.7 Å². The van der Waals surface area contributed by atoms with Gasteiger partial charge in [-0.1, -0.05) is 130 Å². The van der Waals surface area contributed by atoms with E-state index in [-0.39, 0.29) is 142 Å². The Morgan fingerprint density at radius 1 is 0.331 bits per heavy atom. The first kappa shape index (κ1) is 96.4. The Hall–Kier alpha value is -15.8. The lowest BCUT2D eigenvalue weighted by atomic mass is 9.82. The molecule has 4 aliphatic rings. The van der Waals surface area contributed by atoms with Gasteiger partial charge in [0, 0.05) is 102 Å². The highest BCUT2D eigenvalue weighted by molar-refractivity contribution is 5.99. The molecule has 10 aromatic heterocycles. The van der Waals surface area contributed by atoms with E-state index in [4.69, 9.17) is 33.2 Å². The molecular weight excluding hydrogens is 1780 g/mol. The largest absolute Gasteiger partial charge is 0.490 e. The number of aromatic amines is 5. The minimum absolute atomic E-state index is 0.0848. The molecule has 0 atom stereocenters. The first-order valence-corrected chi connectivity index (χ1v) is 47.2. The number of carbonyl (C=O) groups is 5. The van der Waals surface area contributed by atoms with Crippen LogP contribution in [0.2, 0.25) is 0 Å². The first-order valence-electron chi connectivity index (χ1n) is 47.2. The minimum Gasteiger partial charge on any atom is -0.490 e. The second kappa shape index (κ2) is 43.9. The summed E-state index contributed by atoms with van der Waals surface area (Å²) < 4.78 is 70.0. The van der Waals surface area contributed by atoms with Gasteiger partial charge in [-0.05, 0) is 200 Å². The van der Waals surface area contributed by atoms with Gasteiger partial charge in [0.1, 0.15) is 45.1 Å². The van der Waals surface area contributed by atoms with Crippen molar-refractivity contribution >= 4 is 58.1 Å². The van der Waals surface area contributed by atoms with Crippen LogP contribution in [0.5, 0.6) is 17.2 Å². The van der Waals surface area contributed by atoms with E-state index in [1.165, 1.54) is 172 Å². The van der Waals surface area contributed by atoms with Crippen molar-refractivity contribution in [2.75, 3.05) is 33.0 Å². The summed E-state index contributed by atoms with van der Waals surface area (Å²) in [5.41, 5.74) is 12.0. The van der Waals surface area contributed by atoms with Gasteiger partial charge in [-0.25, -0.2) is 80.3 Å². The van der Waals surface area contributed by atoms with Crippen LogP contribution in [0.4, 0.5) is 8.78 Å². The molecule has 16 aromatic rings. The monoisotopic (exact) mass is 1890 g/mol. The van der Waals surface area contributed by atoms with Crippen LogP contribution in [0.25, 0.3) is 84.5 Å². The number of ether oxygens (including phenoxy) is 7. The average molecular weight is 1890 g/mol. The Bertz CT molecular complexity index is 7410. The fourth-order valence-electron chi connectivity index (χ4n) is 17.9.